The first-order valence-electron chi connectivity index (χ1n) is 5.99. The minimum absolute atomic E-state index is 0.0999. The second-order valence-corrected chi connectivity index (χ2v) is 6.22. The van der Waals surface area contributed by atoms with E-state index in [1.807, 2.05) is 38.1 Å². The van der Waals surface area contributed by atoms with Crippen LogP contribution in [0.15, 0.2) is 33.7 Å². The highest BCUT2D eigenvalue weighted by Crippen LogP contribution is 2.28. The van der Waals surface area contributed by atoms with Crippen LogP contribution >= 0.6 is 23.1 Å². The number of hydrogen-bond acceptors (Lipinski definition) is 5. The van der Waals surface area contributed by atoms with Gasteiger partial charge in [-0.25, -0.2) is 10.4 Å². The van der Waals surface area contributed by atoms with E-state index in [0.717, 1.165) is 26.7 Å². The van der Waals surface area contributed by atoms with Crippen molar-refractivity contribution in [2.24, 2.45) is 5.10 Å². The number of thiazole rings is 1. The zero-order valence-electron chi connectivity index (χ0n) is 10.8. The fourth-order valence-corrected chi connectivity index (χ4v) is 3.17. The minimum Gasteiger partial charge on any atom is -0.272 e. The summed E-state index contributed by atoms with van der Waals surface area (Å²) in [4.78, 5) is 16.1. The molecule has 0 bridgehead atoms. The second-order valence-electron chi connectivity index (χ2n) is 3.97. The molecular weight excluding hydrogens is 278 g/mol. The molecule has 0 aliphatic heterocycles. The molecule has 0 saturated carbocycles. The summed E-state index contributed by atoms with van der Waals surface area (Å²) in [7, 11) is 0. The topological polar surface area (TPSA) is 54.4 Å². The van der Waals surface area contributed by atoms with E-state index < -0.39 is 0 Å². The van der Waals surface area contributed by atoms with Crippen LogP contribution in [0.4, 0.5) is 0 Å². The first-order valence-corrected chi connectivity index (χ1v) is 7.79. The van der Waals surface area contributed by atoms with Crippen molar-refractivity contribution in [2.45, 2.75) is 24.6 Å². The molecule has 1 heterocycles. The molecule has 0 fully saturated rings. The highest BCUT2D eigenvalue weighted by molar-refractivity contribution is 8.01. The molecule has 19 heavy (non-hydrogen) atoms. The normalized spacial score (nSPS) is 11.8. The fraction of sp³-hybridized carbons (Fsp3) is 0.308. The molecule has 0 radical (unpaired) electrons. The van der Waals surface area contributed by atoms with Gasteiger partial charge in [-0.1, -0.05) is 30.8 Å². The molecule has 2 rings (SSSR count). The number of para-hydroxylation sites is 1. The number of rotatable bonds is 5. The van der Waals surface area contributed by atoms with Crippen molar-refractivity contribution >= 4 is 44.9 Å². The van der Waals surface area contributed by atoms with Crippen molar-refractivity contribution in [2.75, 3.05) is 5.75 Å². The Hall–Kier alpha value is -1.40. The van der Waals surface area contributed by atoms with Gasteiger partial charge in [0.2, 0.25) is 0 Å². The number of hydrogen-bond donors (Lipinski definition) is 1. The highest BCUT2D eigenvalue weighted by atomic mass is 32.2. The number of carbonyl (C=O) groups excluding carboxylic acids is 1. The third-order valence-corrected chi connectivity index (χ3v) is 4.66. The molecule has 2 aromatic rings. The Balaban J connectivity index is 1.90. The van der Waals surface area contributed by atoms with E-state index in [9.17, 15) is 4.79 Å². The van der Waals surface area contributed by atoms with Crippen molar-refractivity contribution < 1.29 is 4.79 Å². The molecule has 1 aromatic heterocycles. The Kier molecular flexibility index (Phi) is 4.93. The van der Waals surface area contributed by atoms with E-state index in [2.05, 4.69) is 15.5 Å². The molecule has 0 unspecified atom stereocenters. The average Bonchev–Trinajstić information content (AvgIpc) is 2.85. The maximum absolute atomic E-state index is 11.6. The Bertz CT molecular complexity index is 574. The molecule has 0 aliphatic rings. The summed E-state index contributed by atoms with van der Waals surface area (Å²) in [6, 6.07) is 7.96. The van der Waals surface area contributed by atoms with Gasteiger partial charge in [0.25, 0.3) is 5.91 Å². The monoisotopic (exact) mass is 293 g/mol. The predicted molar refractivity (Wildman–Crippen MR) is 81.9 cm³/mol. The number of nitrogens with one attached hydrogen (secondary N) is 1. The molecule has 0 atom stereocenters. The standard InChI is InChI=1S/C13H15N3OS2/c1-3-9(2)15-16-12(17)8-18-13-14-10-6-4-5-7-11(10)19-13/h4-7H,3,8H2,1-2H3,(H,16,17). The molecule has 6 heteroatoms. The Labute approximate surface area is 120 Å². The van der Waals surface area contributed by atoms with Crippen LogP contribution < -0.4 is 5.43 Å². The quantitative estimate of drug-likeness (QED) is 0.523. The van der Waals surface area contributed by atoms with Gasteiger partial charge in [-0.15, -0.1) is 11.3 Å². The summed E-state index contributed by atoms with van der Waals surface area (Å²) >= 11 is 3.04. The van der Waals surface area contributed by atoms with Crippen molar-refractivity contribution in [1.82, 2.24) is 10.4 Å². The Morgan fingerprint density at radius 1 is 1.47 bits per heavy atom. The Morgan fingerprint density at radius 3 is 3.00 bits per heavy atom. The van der Waals surface area contributed by atoms with Gasteiger partial charge < -0.3 is 0 Å². The van der Waals surface area contributed by atoms with Gasteiger partial charge in [-0.05, 0) is 25.5 Å². The lowest BCUT2D eigenvalue weighted by molar-refractivity contribution is -0.118. The van der Waals surface area contributed by atoms with E-state index in [1.54, 1.807) is 11.3 Å². The summed E-state index contributed by atoms with van der Waals surface area (Å²) in [5.41, 5.74) is 4.44. The first kappa shape index (κ1) is 14.0. The average molecular weight is 293 g/mol. The van der Waals surface area contributed by atoms with E-state index >= 15 is 0 Å². The third-order valence-electron chi connectivity index (χ3n) is 2.48. The smallest absolute Gasteiger partial charge is 0.250 e. The summed E-state index contributed by atoms with van der Waals surface area (Å²) in [6.45, 7) is 3.89. The zero-order chi connectivity index (χ0) is 13.7. The van der Waals surface area contributed by atoms with Crippen LogP contribution in [0.2, 0.25) is 0 Å². The van der Waals surface area contributed by atoms with Gasteiger partial charge in [0, 0.05) is 5.71 Å². The van der Waals surface area contributed by atoms with Crippen LogP contribution in [0.1, 0.15) is 20.3 Å². The number of thioether (sulfide) groups is 1. The highest BCUT2D eigenvalue weighted by Gasteiger charge is 2.06. The van der Waals surface area contributed by atoms with E-state index in [1.165, 1.54) is 11.8 Å². The molecule has 0 aliphatic carbocycles. The largest absolute Gasteiger partial charge is 0.272 e. The van der Waals surface area contributed by atoms with Gasteiger partial charge in [0.1, 0.15) is 0 Å². The molecule has 0 saturated heterocycles. The zero-order valence-corrected chi connectivity index (χ0v) is 12.5. The third kappa shape index (κ3) is 4.04. The lowest BCUT2D eigenvalue weighted by Gasteiger charge is -1.99. The maximum Gasteiger partial charge on any atom is 0.250 e. The minimum atomic E-state index is -0.0999. The van der Waals surface area contributed by atoms with Gasteiger partial charge in [0.15, 0.2) is 4.34 Å². The summed E-state index contributed by atoms with van der Waals surface area (Å²) in [6.07, 6.45) is 0.839. The van der Waals surface area contributed by atoms with Gasteiger partial charge >= 0.3 is 0 Å². The number of benzene rings is 1. The van der Waals surface area contributed by atoms with Gasteiger partial charge in [-0.3, -0.25) is 4.79 Å². The van der Waals surface area contributed by atoms with Crippen molar-refractivity contribution in [3.63, 3.8) is 0 Å². The summed E-state index contributed by atoms with van der Waals surface area (Å²) in [5.74, 6) is 0.234. The Morgan fingerprint density at radius 2 is 2.26 bits per heavy atom. The number of carbonyl (C=O) groups is 1. The second kappa shape index (κ2) is 6.68. The van der Waals surface area contributed by atoms with Gasteiger partial charge in [-0.2, -0.15) is 5.10 Å². The van der Waals surface area contributed by atoms with E-state index in [-0.39, 0.29) is 5.91 Å². The van der Waals surface area contributed by atoms with Gasteiger partial charge in [0.05, 0.1) is 16.0 Å². The number of hydrazone groups is 1. The van der Waals surface area contributed by atoms with Crippen LogP contribution in [0, 0.1) is 0 Å². The van der Waals surface area contributed by atoms with Crippen LogP contribution in [0.5, 0.6) is 0 Å². The lowest BCUT2D eigenvalue weighted by atomic mass is 10.3. The SMILES string of the molecule is CCC(C)=NNC(=O)CSc1nc2ccccc2s1. The van der Waals surface area contributed by atoms with Crippen molar-refractivity contribution in [3.05, 3.63) is 24.3 Å². The molecule has 1 N–H and O–H groups in total. The number of nitrogens with zero attached hydrogens (tertiary/aromatic N) is 2. The predicted octanol–water partition coefficient (Wildman–Crippen LogP) is 3.29. The lowest BCUT2D eigenvalue weighted by Crippen LogP contribution is -2.20. The molecular formula is C13H15N3OS2. The molecule has 4 nitrogen and oxygen atoms in total. The summed E-state index contributed by atoms with van der Waals surface area (Å²) in [5, 5.41) is 3.98. The molecule has 100 valence electrons. The maximum atomic E-state index is 11.6. The fourth-order valence-electron chi connectivity index (χ4n) is 1.31. The number of aromatic nitrogens is 1. The van der Waals surface area contributed by atoms with Crippen molar-refractivity contribution in [3.8, 4) is 0 Å². The van der Waals surface area contributed by atoms with Crippen LogP contribution in [0.25, 0.3) is 10.2 Å². The van der Waals surface area contributed by atoms with Crippen LogP contribution in [0.3, 0.4) is 0 Å². The summed E-state index contributed by atoms with van der Waals surface area (Å²) < 4.78 is 2.05. The molecule has 0 spiro atoms. The van der Waals surface area contributed by atoms with Crippen LogP contribution in [-0.2, 0) is 4.79 Å². The number of amides is 1. The van der Waals surface area contributed by atoms with Crippen LogP contribution in [-0.4, -0.2) is 22.4 Å². The molecule has 1 amide bonds. The van der Waals surface area contributed by atoms with E-state index in [4.69, 9.17) is 0 Å². The first-order chi connectivity index (χ1) is 9.19. The van der Waals surface area contributed by atoms with Crippen molar-refractivity contribution in [1.29, 1.82) is 0 Å². The molecule has 1 aromatic carbocycles. The van der Waals surface area contributed by atoms with E-state index in [0.29, 0.717) is 5.75 Å². The number of fused-ring (bicyclic) bond motifs is 1.